The van der Waals surface area contributed by atoms with Gasteiger partial charge in [0.15, 0.2) is 0 Å². The van der Waals surface area contributed by atoms with Crippen LogP contribution in [0.25, 0.3) is 0 Å². The van der Waals surface area contributed by atoms with Crippen molar-refractivity contribution in [2.45, 2.75) is 110 Å². The minimum atomic E-state index is -2.19. The Balaban J connectivity index is 2.96. The van der Waals surface area contributed by atoms with Crippen molar-refractivity contribution in [1.82, 2.24) is 0 Å². The summed E-state index contributed by atoms with van der Waals surface area (Å²) < 4.78 is 10.3. The summed E-state index contributed by atoms with van der Waals surface area (Å²) in [5.74, 6) is 0. The molecule has 0 heterocycles. The van der Waals surface area contributed by atoms with Crippen molar-refractivity contribution >= 4 is 8.60 Å². The van der Waals surface area contributed by atoms with Crippen LogP contribution in [-0.4, -0.2) is 29.6 Å². The Labute approximate surface area is 157 Å². The van der Waals surface area contributed by atoms with Gasteiger partial charge < -0.3 is 19.0 Å². The van der Waals surface area contributed by atoms with Crippen molar-refractivity contribution in [2.75, 3.05) is 19.8 Å². The molecule has 0 aromatic carbocycles. The van der Waals surface area contributed by atoms with Crippen molar-refractivity contribution in [3.8, 4) is 0 Å². The van der Waals surface area contributed by atoms with Crippen LogP contribution in [0.2, 0.25) is 0 Å². The predicted octanol–water partition coefficient (Wildman–Crippen LogP) is 6.49. The van der Waals surface area contributed by atoms with E-state index < -0.39 is 8.60 Å². The largest absolute Gasteiger partial charge is 0.381 e. The summed E-state index contributed by atoms with van der Waals surface area (Å²) in [6.07, 6.45) is 21.1. The third-order valence-corrected chi connectivity index (χ3v) is 4.95. The molecule has 0 atom stereocenters. The van der Waals surface area contributed by atoms with Gasteiger partial charge in [0.25, 0.3) is 0 Å². The average molecular weight is 379 g/mol. The van der Waals surface area contributed by atoms with E-state index in [2.05, 4.69) is 6.92 Å². The molecule has 0 aromatic heterocycles. The summed E-state index contributed by atoms with van der Waals surface area (Å²) in [4.78, 5) is 17.1. The van der Waals surface area contributed by atoms with Gasteiger partial charge >= 0.3 is 8.60 Å². The Kier molecular flexibility index (Phi) is 22.6. The molecule has 25 heavy (non-hydrogen) atoms. The molecule has 0 aromatic rings. The molecule has 0 unspecified atom stereocenters. The fourth-order valence-corrected chi connectivity index (χ4v) is 3.25. The molecule has 152 valence electrons. The van der Waals surface area contributed by atoms with E-state index in [0.717, 1.165) is 32.5 Å². The molecule has 0 amide bonds. The Bertz CT molecular complexity index is 240. The van der Waals surface area contributed by atoms with Crippen molar-refractivity contribution in [3.05, 3.63) is 0 Å². The summed E-state index contributed by atoms with van der Waals surface area (Å²) in [6, 6.07) is 0. The van der Waals surface area contributed by atoms with Crippen molar-refractivity contribution in [1.29, 1.82) is 0 Å². The highest BCUT2D eigenvalue weighted by Gasteiger charge is 1.98. The molecule has 0 saturated heterocycles. The van der Waals surface area contributed by atoms with Gasteiger partial charge in [0.05, 0.1) is 6.61 Å². The van der Waals surface area contributed by atoms with E-state index in [1.165, 1.54) is 83.5 Å². The molecule has 0 radical (unpaired) electrons. The van der Waals surface area contributed by atoms with E-state index in [1.54, 1.807) is 0 Å². The molecule has 0 aliphatic heterocycles. The molecule has 0 fully saturated rings. The summed E-state index contributed by atoms with van der Waals surface area (Å²) in [5, 5.41) is 0. The maximum atomic E-state index is 8.57. The first-order chi connectivity index (χ1) is 12.3. The van der Waals surface area contributed by atoms with Gasteiger partial charge in [-0.25, -0.2) is 0 Å². The highest BCUT2D eigenvalue weighted by molar-refractivity contribution is 7.39. The summed E-state index contributed by atoms with van der Waals surface area (Å²) in [7, 11) is -2.19. The first-order valence-corrected chi connectivity index (χ1v) is 11.8. The average Bonchev–Trinajstić information content (AvgIpc) is 2.60. The lowest BCUT2D eigenvalue weighted by molar-refractivity contribution is 0.121. The lowest BCUT2D eigenvalue weighted by Gasteiger charge is -2.06. The Morgan fingerprint density at radius 1 is 0.520 bits per heavy atom. The zero-order valence-corrected chi connectivity index (χ0v) is 17.5. The molecule has 0 aliphatic rings. The number of hydrogen-bond donors (Lipinski definition) is 2. The minimum Gasteiger partial charge on any atom is -0.381 e. The normalized spacial score (nSPS) is 11.5. The Morgan fingerprint density at radius 3 is 1.32 bits per heavy atom. The second-order valence-corrected chi connectivity index (χ2v) is 7.77. The number of rotatable bonds is 21. The van der Waals surface area contributed by atoms with Crippen LogP contribution in [-0.2, 0) is 9.26 Å². The van der Waals surface area contributed by atoms with E-state index >= 15 is 0 Å². The fraction of sp³-hybridized carbons (Fsp3) is 1.00. The van der Waals surface area contributed by atoms with Gasteiger partial charge in [-0.15, -0.1) is 0 Å². The fourth-order valence-electron chi connectivity index (χ4n) is 2.95. The van der Waals surface area contributed by atoms with Crippen LogP contribution in [0, 0.1) is 0 Å². The maximum absolute atomic E-state index is 8.57. The van der Waals surface area contributed by atoms with Gasteiger partial charge in [-0.05, 0) is 19.3 Å². The maximum Gasteiger partial charge on any atom is 0.327 e. The second-order valence-electron chi connectivity index (χ2n) is 7.00. The lowest BCUT2D eigenvalue weighted by atomic mass is 10.0. The lowest BCUT2D eigenvalue weighted by Crippen LogP contribution is -1.99. The van der Waals surface area contributed by atoms with Crippen molar-refractivity contribution in [2.24, 2.45) is 0 Å². The van der Waals surface area contributed by atoms with Gasteiger partial charge in [0.1, 0.15) is 0 Å². The molecular weight excluding hydrogens is 335 g/mol. The smallest absolute Gasteiger partial charge is 0.327 e. The SMILES string of the molecule is CCCCCCCCCCCCCCCCOCCCCOP(O)O. The standard InChI is InChI=1S/C20H43O4P/c1-2-3-4-5-6-7-8-9-10-11-12-13-14-15-18-23-19-16-17-20-24-25(21)22/h21-22H,2-20H2,1H3. The number of ether oxygens (including phenoxy) is 1. The van der Waals surface area contributed by atoms with E-state index in [9.17, 15) is 0 Å². The molecule has 2 N–H and O–H groups in total. The second kappa shape index (κ2) is 22.3. The Hall–Kier alpha value is 0.270. The number of unbranched alkanes of at least 4 members (excludes halogenated alkanes) is 14. The summed E-state index contributed by atoms with van der Waals surface area (Å²) in [5.41, 5.74) is 0. The molecular formula is C20H43O4P. The Morgan fingerprint density at radius 2 is 0.880 bits per heavy atom. The van der Waals surface area contributed by atoms with Gasteiger partial charge in [-0.3, -0.25) is 0 Å². The van der Waals surface area contributed by atoms with Gasteiger partial charge in [-0.1, -0.05) is 90.4 Å². The quantitative estimate of drug-likeness (QED) is 0.177. The molecule has 0 rings (SSSR count). The third kappa shape index (κ3) is 24.3. The zero-order chi connectivity index (χ0) is 18.4. The van der Waals surface area contributed by atoms with Crippen molar-refractivity contribution in [3.63, 3.8) is 0 Å². The topological polar surface area (TPSA) is 58.9 Å². The summed E-state index contributed by atoms with van der Waals surface area (Å²) in [6.45, 7) is 4.28. The molecule has 4 nitrogen and oxygen atoms in total. The molecule has 0 bridgehead atoms. The van der Waals surface area contributed by atoms with Crippen LogP contribution >= 0.6 is 8.60 Å². The van der Waals surface area contributed by atoms with E-state index in [-0.39, 0.29) is 0 Å². The minimum absolute atomic E-state index is 0.404. The van der Waals surface area contributed by atoms with E-state index in [0.29, 0.717) is 6.61 Å². The molecule has 0 spiro atoms. The first kappa shape index (κ1) is 25.3. The van der Waals surface area contributed by atoms with Gasteiger partial charge in [0.2, 0.25) is 0 Å². The van der Waals surface area contributed by atoms with E-state index in [4.69, 9.17) is 19.0 Å². The van der Waals surface area contributed by atoms with Crippen LogP contribution in [0.15, 0.2) is 0 Å². The van der Waals surface area contributed by atoms with Crippen LogP contribution in [0.4, 0.5) is 0 Å². The van der Waals surface area contributed by atoms with Crippen LogP contribution in [0.1, 0.15) is 110 Å². The molecule has 5 heteroatoms. The highest BCUT2D eigenvalue weighted by Crippen LogP contribution is 2.24. The third-order valence-electron chi connectivity index (χ3n) is 4.53. The van der Waals surface area contributed by atoms with E-state index in [1.807, 2.05) is 0 Å². The summed E-state index contributed by atoms with van der Waals surface area (Å²) >= 11 is 0. The van der Waals surface area contributed by atoms with Crippen molar-refractivity contribution < 1.29 is 19.0 Å². The van der Waals surface area contributed by atoms with Gasteiger partial charge in [0, 0.05) is 13.2 Å². The van der Waals surface area contributed by atoms with Crippen LogP contribution < -0.4 is 0 Å². The monoisotopic (exact) mass is 378 g/mol. The zero-order valence-electron chi connectivity index (χ0n) is 16.6. The first-order valence-electron chi connectivity index (χ1n) is 10.7. The highest BCUT2D eigenvalue weighted by atomic mass is 31.2. The van der Waals surface area contributed by atoms with Crippen LogP contribution in [0.3, 0.4) is 0 Å². The van der Waals surface area contributed by atoms with Crippen LogP contribution in [0.5, 0.6) is 0 Å². The predicted molar refractivity (Wildman–Crippen MR) is 108 cm³/mol. The van der Waals surface area contributed by atoms with Gasteiger partial charge in [-0.2, -0.15) is 0 Å². The molecule has 0 aliphatic carbocycles. The number of hydrogen-bond acceptors (Lipinski definition) is 4. The molecule has 0 saturated carbocycles.